The molecule has 0 bridgehead atoms. The lowest BCUT2D eigenvalue weighted by atomic mass is 10.0. The zero-order valence-electron chi connectivity index (χ0n) is 10.3. The van der Waals surface area contributed by atoms with Crippen molar-refractivity contribution in [2.24, 2.45) is 11.7 Å². The van der Waals surface area contributed by atoms with Crippen molar-refractivity contribution in [2.75, 3.05) is 18.1 Å². The Hall–Kier alpha value is -0.620. The Morgan fingerprint density at radius 1 is 1.41 bits per heavy atom. The minimum atomic E-state index is -2.86. The van der Waals surface area contributed by atoms with E-state index in [4.69, 9.17) is 5.73 Å². The molecule has 17 heavy (non-hydrogen) atoms. The summed E-state index contributed by atoms with van der Waals surface area (Å²) < 4.78 is 22.5. The zero-order chi connectivity index (χ0) is 12.9. The van der Waals surface area contributed by atoms with Crippen LogP contribution in [0.25, 0.3) is 0 Å². The second kappa shape index (κ2) is 6.35. The lowest BCUT2D eigenvalue weighted by Gasteiger charge is -2.25. The minimum Gasteiger partial charge on any atom is -0.353 e. The molecule has 3 N–H and O–H groups in total. The zero-order valence-corrected chi connectivity index (χ0v) is 11.1. The Morgan fingerprint density at radius 2 is 2.00 bits per heavy atom. The molecule has 0 saturated carbocycles. The minimum absolute atomic E-state index is 0.00284. The highest BCUT2D eigenvalue weighted by Gasteiger charge is 2.26. The molecule has 1 atom stereocenters. The fourth-order valence-electron chi connectivity index (χ4n) is 2.06. The van der Waals surface area contributed by atoms with E-state index < -0.39 is 9.84 Å². The van der Waals surface area contributed by atoms with Crippen molar-refractivity contribution < 1.29 is 13.2 Å². The molecule has 6 heteroatoms. The summed E-state index contributed by atoms with van der Waals surface area (Å²) in [6, 6.07) is -0.00284. The number of sulfone groups is 1. The van der Waals surface area contributed by atoms with Crippen molar-refractivity contribution >= 4 is 15.7 Å². The molecule has 1 saturated heterocycles. The Labute approximate surface area is 103 Å². The number of nitrogens with two attached hydrogens (primary N) is 1. The van der Waals surface area contributed by atoms with Crippen LogP contribution < -0.4 is 11.1 Å². The number of hydrogen-bond donors (Lipinski definition) is 2. The smallest absolute Gasteiger partial charge is 0.224 e. The fourth-order valence-corrected chi connectivity index (χ4v) is 3.55. The maximum Gasteiger partial charge on any atom is 0.224 e. The largest absolute Gasteiger partial charge is 0.353 e. The molecule has 100 valence electrons. The molecule has 1 rings (SSSR count). The first-order valence-corrected chi connectivity index (χ1v) is 8.01. The predicted molar refractivity (Wildman–Crippen MR) is 67.3 cm³/mol. The predicted octanol–water partition coefficient (Wildman–Crippen LogP) is 0.0548. The molecule has 1 amide bonds. The summed E-state index contributed by atoms with van der Waals surface area (Å²) in [5.74, 6) is 0.190. The van der Waals surface area contributed by atoms with Gasteiger partial charge in [0.05, 0.1) is 17.4 Å². The van der Waals surface area contributed by atoms with Crippen LogP contribution in [0.5, 0.6) is 0 Å². The van der Waals surface area contributed by atoms with Gasteiger partial charge in [0.15, 0.2) is 0 Å². The second-order valence-corrected chi connectivity index (χ2v) is 6.96. The van der Waals surface area contributed by atoms with Crippen LogP contribution >= 0.6 is 0 Å². The van der Waals surface area contributed by atoms with Crippen LogP contribution in [0.1, 0.15) is 32.6 Å². The van der Waals surface area contributed by atoms with E-state index in [1.807, 2.05) is 6.92 Å². The lowest BCUT2D eigenvalue weighted by molar-refractivity contribution is -0.125. The van der Waals surface area contributed by atoms with Gasteiger partial charge in [-0.3, -0.25) is 4.79 Å². The van der Waals surface area contributed by atoms with Crippen LogP contribution in [0.2, 0.25) is 0 Å². The molecular weight excluding hydrogens is 240 g/mol. The van der Waals surface area contributed by atoms with Gasteiger partial charge >= 0.3 is 0 Å². The fraction of sp³-hybridized carbons (Fsp3) is 0.909. The molecule has 1 aliphatic heterocycles. The van der Waals surface area contributed by atoms with Gasteiger partial charge in [-0.25, -0.2) is 8.42 Å². The molecule has 5 nitrogen and oxygen atoms in total. The van der Waals surface area contributed by atoms with Gasteiger partial charge in [-0.2, -0.15) is 0 Å². The topological polar surface area (TPSA) is 89.3 Å². The van der Waals surface area contributed by atoms with Gasteiger partial charge in [-0.15, -0.1) is 0 Å². The summed E-state index contributed by atoms with van der Waals surface area (Å²) in [4.78, 5) is 11.9. The number of nitrogens with one attached hydrogen (secondary N) is 1. The molecule has 0 spiro atoms. The van der Waals surface area contributed by atoms with E-state index >= 15 is 0 Å². The van der Waals surface area contributed by atoms with Crippen LogP contribution in [0.3, 0.4) is 0 Å². The molecule has 0 radical (unpaired) electrons. The lowest BCUT2D eigenvalue weighted by Crippen LogP contribution is -2.44. The maximum absolute atomic E-state index is 11.9. The van der Waals surface area contributed by atoms with E-state index in [0.29, 0.717) is 19.4 Å². The van der Waals surface area contributed by atoms with E-state index in [-0.39, 0.29) is 29.4 Å². The standard InChI is InChI=1S/C11H22N2O3S/c1-2-3-9(8-12)11(14)13-10-4-6-17(15,16)7-5-10/h9-10H,2-8,12H2,1H3,(H,13,14). The second-order valence-electron chi connectivity index (χ2n) is 4.66. The van der Waals surface area contributed by atoms with Crippen LogP contribution in [0.4, 0.5) is 0 Å². The molecule has 1 fully saturated rings. The van der Waals surface area contributed by atoms with Gasteiger partial charge < -0.3 is 11.1 Å². The molecular formula is C11H22N2O3S. The number of carbonyl (C=O) groups is 1. The highest BCUT2D eigenvalue weighted by molar-refractivity contribution is 7.91. The van der Waals surface area contributed by atoms with Crippen molar-refractivity contribution in [2.45, 2.75) is 38.6 Å². The summed E-state index contributed by atoms with van der Waals surface area (Å²) >= 11 is 0. The monoisotopic (exact) mass is 262 g/mol. The van der Waals surface area contributed by atoms with Crippen LogP contribution in [-0.2, 0) is 14.6 Å². The van der Waals surface area contributed by atoms with E-state index in [1.54, 1.807) is 0 Å². The molecule has 0 aromatic rings. The van der Waals surface area contributed by atoms with Gasteiger partial charge in [0, 0.05) is 12.6 Å². The number of carbonyl (C=O) groups excluding carboxylic acids is 1. The summed E-state index contributed by atoms with van der Waals surface area (Å²) in [6.45, 7) is 2.37. The quantitative estimate of drug-likeness (QED) is 0.733. The summed E-state index contributed by atoms with van der Waals surface area (Å²) in [6.07, 6.45) is 2.76. The Balaban J connectivity index is 2.41. The number of amides is 1. The van der Waals surface area contributed by atoms with E-state index in [2.05, 4.69) is 5.32 Å². The van der Waals surface area contributed by atoms with Crippen molar-refractivity contribution in [1.82, 2.24) is 5.32 Å². The van der Waals surface area contributed by atoms with E-state index in [0.717, 1.165) is 12.8 Å². The van der Waals surface area contributed by atoms with Gasteiger partial charge in [0.2, 0.25) is 5.91 Å². The number of hydrogen-bond acceptors (Lipinski definition) is 4. The normalized spacial score (nSPS) is 22.0. The maximum atomic E-state index is 11.9. The number of rotatable bonds is 5. The van der Waals surface area contributed by atoms with Gasteiger partial charge in [0.1, 0.15) is 9.84 Å². The Bertz CT molecular complexity index is 340. The Kier molecular flexibility index (Phi) is 5.39. The third-order valence-electron chi connectivity index (χ3n) is 3.19. The van der Waals surface area contributed by atoms with Crippen LogP contribution in [-0.4, -0.2) is 38.4 Å². The first-order valence-electron chi connectivity index (χ1n) is 6.19. The molecule has 1 unspecified atom stereocenters. The average molecular weight is 262 g/mol. The van der Waals surface area contributed by atoms with Crippen molar-refractivity contribution in [1.29, 1.82) is 0 Å². The third kappa shape index (κ3) is 4.63. The van der Waals surface area contributed by atoms with Crippen LogP contribution in [0.15, 0.2) is 0 Å². The molecule has 0 aromatic carbocycles. The first-order chi connectivity index (χ1) is 7.98. The Morgan fingerprint density at radius 3 is 2.47 bits per heavy atom. The molecule has 1 heterocycles. The molecule has 0 aliphatic carbocycles. The average Bonchev–Trinajstić information content (AvgIpc) is 2.28. The SMILES string of the molecule is CCCC(CN)C(=O)NC1CCS(=O)(=O)CC1. The third-order valence-corrected chi connectivity index (χ3v) is 4.91. The van der Waals surface area contributed by atoms with Gasteiger partial charge in [0.25, 0.3) is 0 Å². The van der Waals surface area contributed by atoms with Gasteiger partial charge in [-0.05, 0) is 19.3 Å². The van der Waals surface area contributed by atoms with Gasteiger partial charge in [-0.1, -0.05) is 13.3 Å². The van der Waals surface area contributed by atoms with E-state index in [1.165, 1.54) is 0 Å². The highest BCUT2D eigenvalue weighted by Crippen LogP contribution is 2.13. The van der Waals surface area contributed by atoms with Crippen molar-refractivity contribution in [3.8, 4) is 0 Å². The summed E-state index contributed by atoms with van der Waals surface area (Å²) in [7, 11) is -2.86. The summed E-state index contributed by atoms with van der Waals surface area (Å²) in [5, 5.41) is 2.91. The van der Waals surface area contributed by atoms with Crippen molar-refractivity contribution in [3.63, 3.8) is 0 Å². The molecule has 1 aliphatic rings. The van der Waals surface area contributed by atoms with Crippen LogP contribution in [0, 0.1) is 5.92 Å². The van der Waals surface area contributed by atoms with Crippen molar-refractivity contribution in [3.05, 3.63) is 0 Å². The highest BCUT2D eigenvalue weighted by atomic mass is 32.2. The molecule has 0 aromatic heterocycles. The van der Waals surface area contributed by atoms with E-state index in [9.17, 15) is 13.2 Å². The first kappa shape index (κ1) is 14.4. The summed E-state index contributed by atoms with van der Waals surface area (Å²) in [5.41, 5.74) is 5.55.